The van der Waals surface area contributed by atoms with Crippen LogP contribution in [0.25, 0.3) is 21.5 Å². The Hall–Kier alpha value is -5.95. The Morgan fingerprint density at radius 2 is 0.726 bits per heavy atom. The highest BCUT2D eigenvalue weighted by Crippen LogP contribution is 2.31. The van der Waals surface area contributed by atoms with Crippen molar-refractivity contribution in [2.24, 2.45) is 0 Å². The summed E-state index contributed by atoms with van der Waals surface area (Å²) in [7, 11) is 0.0635. The second-order valence-corrected chi connectivity index (χ2v) is 21.7. The van der Waals surface area contributed by atoms with E-state index in [0.29, 0.717) is 75.2 Å². The number of fused-ring (bicyclic) bond motifs is 2. The second kappa shape index (κ2) is 29.7. The molecule has 4 aromatic rings. The van der Waals surface area contributed by atoms with E-state index in [9.17, 15) is 56.1 Å². The van der Waals surface area contributed by atoms with Gasteiger partial charge in [-0.3, -0.25) is 38.7 Å². The van der Waals surface area contributed by atoms with Gasteiger partial charge in [0, 0.05) is 113 Å². The number of carbonyl (C=O) groups is 5. The molecule has 2 amide bonds. The second-order valence-electron chi connectivity index (χ2n) is 18.2. The average molecular weight is 1060 g/mol. The number of hydrogen-bond acceptors (Lipinski definition) is 14. The predicted molar refractivity (Wildman–Crippen MR) is 282 cm³/mol. The molecule has 0 aromatic heterocycles. The molecule has 73 heavy (non-hydrogen) atoms. The van der Waals surface area contributed by atoms with Gasteiger partial charge in [-0.2, -0.15) is 0 Å². The van der Waals surface area contributed by atoms with Crippen LogP contribution in [-0.4, -0.2) is 190 Å². The Morgan fingerprint density at radius 1 is 0.411 bits per heavy atom. The van der Waals surface area contributed by atoms with Crippen molar-refractivity contribution >= 4 is 82.7 Å². The summed E-state index contributed by atoms with van der Waals surface area (Å²) in [6, 6.07) is 21.5. The van der Waals surface area contributed by atoms with E-state index in [1.807, 2.05) is 74.4 Å². The van der Waals surface area contributed by atoms with Gasteiger partial charge in [-0.15, -0.1) is 0 Å². The maximum absolute atomic E-state index is 13.2. The van der Waals surface area contributed by atoms with Gasteiger partial charge >= 0.3 is 17.9 Å². The zero-order valence-electron chi connectivity index (χ0n) is 42.3. The number of anilines is 2. The fraction of sp³-hybridized carbons (Fsp3) is 0.500. The number of nitrogens with one attached hydrogen (secondary N) is 4. The molecule has 4 aromatic carbocycles. The molecule has 0 radical (unpaired) electrons. The van der Waals surface area contributed by atoms with Crippen molar-refractivity contribution in [1.29, 1.82) is 0 Å². The highest BCUT2D eigenvalue weighted by Gasteiger charge is 2.22. The van der Waals surface area contributed by atoms with Crippen LogP contribution in [0.1, 0.15) is 51.4 Å². The van der Waals surface area contributed by atoms with Gasteiger partial charge in [0.1, 0.15) is 0 Å². The fourth-order valence-corrected chi connectivity index (χ4v) is 11.0. The molecule has 0 heterocycles. The minimum atomic E-state index is -3.77. The maximum Gasteiger partial charge on any atom is 0.317 e. The van der Waals surface area contributed by atoms with Crippen molar-refractivity contribution in [3.63, 3.8) is 0 Å². The van der Waals surface area contributed by atoms with Crippen LogP contribution in [0.4, 0.5) is 11.4 Å². The summed E-state index contributed by atoms with van der Waals surface area (Å²) in [5.41, 5.74) is 1.82. The standard InChI is InChI=1S/C50H73N9O12S2/c1-55(2)42-21-13-19-40-38(42)17-15-23-44(40)72(68,69)53-27-11-7-5-9-25-51-46(60)33-58(36-49(64)65)31-29-57(35-48(62)63)30-32-59(37-50(66)67)34-47(61)52-26-10-6-8-12-28-54-73(70,71)45-24-16-18-39-41(45)20-14-22-43(39)56(3)4/h13-24,53-54H,5-12,25-37H2,1-4H3,(H,51,60)(H,52,61)(H,62,63)(H,64,65)(H,66,67). The van der Waals surface area contributed by atoms with E-state index in [0.717, 1.165) is 22.1 Å². The predicted octanol–water partition coefficient (Wildman–Crippen LogP) is 2.89. The molecule has 21 nitrogen and oxygen atoms in total. The molecule has 7 N–H and O–H groups in total. The van der Waals surface area contributed by atoms with Crippen LogP contribution in [0.15, 0.2) is 82.6 Å². The fourth-order valence-electron chi connectivity index (χ4n) is 8.36. The highest BCUT2D eigenvalue weighted by atomic mass is 32.2. The number of carboxylic acid groups (broad SMARTS) is 3. The number of benzene rings is 4. The minimum Gasteiger partial charge on any atom is -0.480 e. The quantitative estimate of drug-likeness (QED) is 0.0323. The van der Waals surface area contributed by atoms with Crippen LogP contribution in [0.2, 0.25) is 0 Å². The molecule has 0 aliphatic heterocycles. The van der Waals surface area contributed by atoms with Gasteiger partial charge in [0.25, 0.3) is 0 Å². The van der Waals surface area contributed by atoms with Crippen LogP contribution < -0.4 is 29.9 Å². The van der Waals surface area contributed by atoms with Gasteiger partial charge in [-0.1, -0.05) is 74.2 Å². The summed E-state index contributed by atoms with van der Waals surface area (Å²) in [6.07, 6.45) is 5.16. The summed E-state index contributed by atoms with van der Waals surface area (Å²) in [4.78, 5) is 69.3. The number of hydrogen-bond donors (Lipinski definition) is 7. The monoisotopic (exact) mass is 1060 g/mol. The number of carbonyl (C=O) groups excluding carboxylic acids is 2. The normalized spacial score (nSPS) is 11.9. The van der Waals surface area contributed by atoms with Crippen molar-refractivity contribution in [2.45, 2.75) is 61.2 Å². The molecule has 23 heteroatoms. The van der Waals surface area contributed by atoms with Gasteiger partial charge in [0.2, 0.25) is 31.9 Å². The number of rotatable bonds is 36. The van der Waals surface area contributed by atoms with E-state index in [1.54, 1.807) is 36.4 Å². The molecule has 0 unspecified atom stereocenters. The van der Waals surface area contributed by atoms with Gasteiger partial charge in [0.05, 0.1) is 42.5 Å². The highest BCUT2D eigenvalue weighted by molar-refractivity contribution is 7.90. The minimum absolute atomic E-state index is 0.00577. The van der Waals surface area contributed by atoms with Crippen molar-refractivity contribution in [1.82, 2.24) is 34.8 Å². The first kappa shape index (κ1) is 59.6. The van der Waals surface area contributed by atoms with Gasteiger partial charge in [0.15, 0.2) is 0 Å². The summed E-state index contributed by atoms with van der Waals surface area (Å²) in [5.74, 6) is -4.41. The number of carboxylic acids is 3. The number of unbranched alkanes of at least 4 members (excludes halogenated alkanes) is 6. The van der Waals surface area contributed by atoms with Gasteiger partial charge in [-0.05, 0) is 49.9 Å². The van der Waals surface area contributed by atoms with E-state index < -0.39 is 69.4 Å². The summed E-state index contributed by atoms with van der Waals surface area (Å²) < 4.78 is 58.2. The number of sulfonamides is 2. The molecule has 0 saturated heterocycles. The van der Waals surface area contributed by atoms with E-state index in [1.165, 1.54) is 14.7 Å². The summed E-state index contributed by atoms with van der Waals surface area (Å²) >= 11 is 0. The van der Waals surface area contributed by atoms with Crippen LogP contribution in [0.3, 0.4) is 0 Å². The largest absolute Gasteiger partial charge is 0.480 e. The Labute approximate surface area is 429 Å². The van der Waals surface area contributed by atoms with Gasteiger partial charge in [-0.25, -0.2) is 26.3 Å². The molecule has 0 atom stereocenters. The Kier molecular flexibility index (Phi) is 24.2. The molecular weight excluding hydrogens is 983 g/mol. The topological polar surface area (TPSA) is 279 Å². The first-order valence-corrected chi connectivity index (χ1v) is 27.4. The smallest absolute Gasteiger partial charge is 0.317 e. The summed E-state index contributed by atoms with van der Waals surface area (Å²) in [5, 5.41) is 37.2. The third-order valence-corrected chi connectivity index (χ3v) is 15.0. The van der Waals surface area contributed by atoms with Crippen LogP contribution >= 0.6 is 0 Å². The Morgan fingerprint density at radius 3 is 1.08 bits per heavy atom. The first-order chi connectivity index (χ1) is 34.7. The third-order valence-electron chi connectivity index (χ3n) is 12.0. The van der Waals surface area contributed by atoms with Crippen LogP contribution in [0.5, 0.6) is 0 Å². The van der Waals surface area contributed by atoms with E-state index in [-0.39, 0.29) is 62.1 Å². The van der Waals surface area contributed by atoms with Crippen molar-refractivity contribution in [2.75, 3.05) is 123 Å². The lowest BCUT2D eigenvalue weighted by Crippen LogP contribution is -2.47. The molecule has 0 saturated carbocycles. The maximum atomic E-state index is 13.2. The number of nitrogens with zero attached hydrogens (tertiary/aromatic N) is 5. The first-order valence-electron chi connectivity index (χ1n) is 24.4. The molecule has 0 aliphatic rings. The lowest BCUT2D eigenvalue weighted by molar-refractivity contribution is -0.141. The lowest BCUT2D eigenvalue weighted by atomic mass is 10.1. The Balaban J connectivity index is 1.13. The van der Waals surface area contributed by atoms with Crippen LogP contribution in [0, 0.1) is 0 Å². The van der Waals surface area contributed by atoms with Crippen LogP contribution in [-0.2, 0) is 44.0 Å². The molecule has 0 bridgehead atoms. The SMILES string of the molecule is CN(C)c1cccc2c(S(=O)(=O)NCCCCCCNC(=O)CN(CCN(CCN(CC(=O)O)CC(=O)NCCCCCCNS(=O)(=O)c3cccc4c(N(C)C)cccc34)CC(=O)O)CC(=O)O)cccc12. The third kappa shape index (κ3) is 20.1. The average Bonchev–Trinajstić information content (AvgIpc) is 3.32. The molecule has 0 fully saturated rings. The zero-order valence-corrected chi connectivity index (χ0v) is 44.0. The molecular formula is C50H73N9O12S2. The van der Waals surface area contributed by atoms with Crippen molar-refractivity contribution in [3.8, 4) is 0 Å². The Bertz CT molecular complexity index is 2530. The molecule has 0 aliphatic carbocycles. The van der Waals surface area contributed by atoms with Crippen molar-refractivity contribution in [3.05, 3.63) is 72.8 Å². The molecule has 4 rings (SSSR count). The zero-order chi connectivity index (χ0) is 53.6. The lowest BCUT2D eigenvalue weighted by Gasteiger charge is -2.28. The number of amides is 2. The summed E-state index contributed by atoms with van der Waals surface area (Å²) in [6.45, 7) is -0.805. The van der Waals surface area contributed by atoms with E-state index >= 15 is 0 Å². The van der Waals surface area contributed by atoms with Crippen molar-refractivity contribution < 1.29 is 56.1 Å². The van der Waals surface area contributed by atoms with E-state index in [4.69, 9.17) is 0 Å². The van der Waals surface area contributed by atoms with E-state index in [2.05, 4.69) is 20.1 Å². The molecule has 402 valence electrons. The number of aliphatic carboxylic acids is 3. The van der Waals surface area contributed by atoms with Gasteiger partial charge < -0.3 is 35.8 Å². The molecule has 0 spiro atoms.